The van der Waals surface area contributed by atoms with Crippen molar-refractivity contribution in [2.75, 3.05) is 0 Å². The molecular formula is C32H32F4O3S2. The van der Waals surface area contributed by atoms with Gasteiger partial charge in [-0.3, -0.25) is 0 Å². The van der Waals surface area contributed by atoms with Gasteiger partial charge in [0, 0.05) is 5.41 Å². The standard InChI is InChI=1S/C18H15S.C14H18F4O3S/c1-4-10-16(11-5-1)19(17-12-6-2-7-13-17)18-14-8-3-9-15-18;15-13(16,14(17,18)22(19,20)21)12-4-3-9(6-12)10-7-1-2-8(5-7)11(10)12/h1-15H;7-11H,1-6H2,(H,19,20,21)/q+1;/p-1. The number of fused-ring (bicyclic) bond motifs is 9. The van der Waals surface area contributed by atoms with Crippen molar-refractivity contribution < 1.29 is 30.5 Å². The smallest absolute Gasteiger partial charge is 0.396 e. The lowest BCUT2D eigenvalue weighted by atomic mass is 9.62. The Kier molecular flexibility index (Phi) is 7.31. The van der Waals surface area contributed by atoms with Crippen LogP contribution >= 0.6 is 0 Å². The van der Waals surface area contributed by atoms with Gasteiger partial charge in [-0.05, 0) is 105 Å². The molecule has 3 nitrogen and oxygen atoms in total. The number of rotatable bonds is 6. The van der Waals surface area contributed by atoms with Crippen molar-refractivity contribution in [2.24, 2.45) is 35.0 Å². The highest BCUT2D eigenvalue weighted by atomic mass is 32.2. The zero-order valence-electron chi connectivity index (χ0n) is 22.3. The topological polar surface area (TPSA) is 57.2 Å². The summed E-state index contributed by atoms with van der Waals surface area (Å²) >= 11 is 0. The van der Waals surface area contributed by atoms with E-state index < -0.39 is 32.6 Å². The second-order valence-corrected chi connectivity index (χ2v) is 15.3. The number of hydrogen-bond donors (Lipinski definition) is 0. The van der Waals surface area contributed by atoms with E-state index in [1.54, 1.807) is 0 Å². The number of halogens is 4. The van der Waals surface area contributed by atoms with Crippen LogP contribution < -0.4 is 0 Å². The maximum Gasteiger partial charge on any atom is 0.396 e. The van der Waals surface area contributed by atoms with Gasteiger partial charge in [0.15, 0.2) is 24.8 Å². The normalized spacial score (nSPS) is 30.2. The summed E-state index contributed by atoms with van der Waals surface area (Å²) in [6, 6.07) is 32.2. The predicted molar refractivity (Wildman–Crippen MR) is 149 cm³/mol. The van der Waals surface area contributed by atoms with Crippen molar-refractivity contribution >= 4 is 21.0 Å². The molecule has 0 amide bonds. The molecule has 4 saturated carbocycles. The van der Waals surface area contributed by atoms with Gasteiger partial charge in [0.25, 0.3) is 0 Å². The van der Waals surface area contributed by atoms with Gasteiger partial charge in [0.2, 0.25) is 0 Å². The molecule has 6 unspecified atom stereocenters. The lowest BCUT2D eigenvalue weighted by Crippen LogP contribution is -2.59. The Labute approximate surface area is 241 Å². The molecule has 3 aromatic carbocycles. The van der Waals surface area contributed by atoms with Crippen LogP contribution in [0.2, 0.25) is 0 Å². The Hall–Kier alpha value is -2.36. The largest absolute Gasteiger partial charge is 0.743 e. The molecule has 0 heterocycles. The van der Waals surface area contributed by atoms with Crippen LogP contribution in [-0.4, -0.2) is 24.1 Å². The molecule has 3 aromatic rings. The molecule has 0 radical (unpaired) electrons. The summed E-state index contributed by atoms with van der Waals surface area (Å²) in [5.74, 6) is -5.04. The molecule has 218 valence electrons. The number of hydrogen-bond acceptors (Lipinski definition) is 3. The molecule has 4 bridgehead atoms. The molecular weight excluding hydrogens is 572 g/mol. The fourth-order valence-corrected chi connectivity index (χ4v) is 11.2. The molecule has 6 atom stereocenters. The molecule has 7 rings (SSSR count). The lowest BCUT2D eigenvalue weighted by molar-refractivity contribution is -0.248. The van der Waals surface area contributed by atoms with Crippen LogP contribution in [0.5, 0.6) is 0 Å². The summed E-state index contributed by atoms with van der Waals surface area (Å²) in [6.07, 6.45) is 2.79. The lowest BCUT2D eigenvalue weighted by Gasteiger charge is -2.48. The minimum atomic E-state index is -6.40. The van der Waals surface area contributed by atoms with Gasteiger partial charge in [-0.15, -0.1) is 0 Å². The van der Waals surface area contributed by atoms with Crippen molar-refractivity contribution in [2.45, 2.75) is 64.4 Å². The Morgan fingerprint density at radius 3 is 1.63 bits per heavy atom. The monoisotopic (exact) mass is 604 g/mol. The van der Waals surface area contributed by atoms with Crippen LogP contribution in [-0.2, 0) is 21.0 Å². The zero-order valence-corrected chi connectivity index (χ0v) is 24.0. The Morgan fingerprint density at radius 1 is 0.707 bits per heavy atom. The highest BCUT2D eigenvalue weighted by Crippen LogP contribution is 2.77. The molecule has 0 aromatic heterocycles. The van der Waals surface area contributed by atoms with E-state index in [-0.39, 0.29) is 41.5 Å². The van der Waals surface area contributed by atoms with Gasteiger partial charge < -0.3 is 4.55 Å². The molecule has 41 heavy (non-hydrogen) atoms. The fraction of sp³-hybridized carbons (Fsp3) is 0.438. The third kappa shape index (κ3) is 4.54. The van der Waals surface area contributed by atoms with Crippen molar-refractivity contribution in [1.82, 2.24) is 0 Å². The van der Waals surface area contributed by atoms with Gasteiger partial charge in [0.05, 0.1) is 10.9 Å². The van der Waals surface area contributed by atoms with Gasteiger partial charge in [0.1, 0.15) is 0 Å². The zero-order chi connectivity index (χ0) is 29.0. The third-order valence-electron chi connectivity index (χ3n) is 9.99. The second kappa shape index (κ2) is 10.4. The van der Waals surface area contributed by atoms with Crippen LogP contribution in [0.4, 0.5) is 17.6 Å². The molecule has 0 N–H and O–H groups in total. The first-order chi connectivity index (χ1) is 19.5. The van der Waals surface area contributed by atoms with Crippen LogP contribution in [0.3, 0.4) is 0 Å². The van der Waals surface area contributed by atoms with Gasteiger partial charge >= 0.3 is 11.2 Å². The van der Waals surface area contributed by atoms with E-state index in [9.17, 15) is 30.5 Å². The first-order valence-corrected chi connectivity index (χ1v) is 16.7. The van der Waals surface area contributed by atoms with E-state index in [2.05, 4.69) is 91.0 Å². The summed E-state index contributed by atoms with van der Waals surface area (Å²) in [5.41, 5.74) is -2.01. The summed E-state index contributed by atoms with van der Waals surface area (Å²) in [6.45, 7) is 0. The van der Waals surface area contributed by atoms with E-state index in [4.69, 9.17) is 0 Å². The predicted octanol–water partition coefficient (Wildman–Crippen LogP) is 8.00. The third-order valence-corrected chi connectivity index (χ3v) is 13.1. The van der Waals surface area contributed by atoms with E-state index >= 15 is 0 Å². The van der Waals surface area contributed by atoms with Crippen molar-refractivity contribution in [1.29, 1.82) is 0 Å². The second-order valence-electron chi connectivity index (χ2n) is 11.9. The van der Waals surface area contributed by atoms with E-state index in [1.807, 2.05) is 0 Å². The van der Waals surface area contributed by atoms with Gasteiger partial charge in [-0.2, -0.15) is 17.6 Å². The number of benzene rings is 3. The SMILES string of the molecule is O=S(=O)([O-])C(F)(F)C(F)(F)C12CCC(C1)C1C3CCC(C3)C12.c1ccc([S+](c2ccccc2)c2ccccc2)cc1. The van der Waals surface area contributed by atoms with Gasteiger partial charge in [-0.25, -0.2) is 8.42 Å². The molecule has 4 aliphatic carbocycles. The average Bonchev–Trinajstić information content (AvgIpc) is 3.76. The molecule has 0 saturated heterocycles. The van der Waals surface area contributed by atoms with Crippen LogP contribution in [0.25, 0.3) is 0 Å². The van der Waals surface area contributed by atoms with Gasteiger partial charge in [-0.1, -0.05) is 54.6 Å². The summed E-state index contributed by atoms with van der Waals surface area (Å²) < 4.78 is 89.5. The summed E-state index contributed by atoms with van der Waals surface area (Å²) in [4.78, 5) is 4.08. The van der Waals surface area contributed by atoms with Crippen molar-refractivity contribution in [3.8, 4) is 0 Å². The van der Waals surface area contributed by atoms with E-state index in [0.717, 1.165) is 19.3 Å². The maximum absolute atomic E-state index is 14.7. The van der Waals surface area contributed by atoms with Crippen LogP contribution in [0.15, 0.2) is 106 Å². The average molecular weight is 605 g/mol. The van der Waals surface area contributed by atoms with E-state index in [0.29, 0.717) is 12.3 Å². The molecule has 4 fully saturated rings. The molecule has 0 spiro atoms. The quantitative estimate of drug-likeness (QED) is 0.124. The van der Waals surface area contributed by atoms with Crippen LogP contribution in [0, 0.1) is 35.0 Å². The minimum absolute atomic E-state index is 0.0146. The van der Waals surface area contributed by atoms with Crippen molar-refractivity contribution in [3.05, 3.63) is 91.0 Å². The summed E-state index contributed by atoms with van der Waals surface area (Å²) in [7, 11) is -6.42. The summed E-state index contributed by atoms with van der Waals surface area (Å²) in [5, 5.41) is -5.54. The Balaban J connectivity index is 0.000000149. The molecule has 4 aliphatic rings. The highest BCUT2D eigenvalue weighted by molar-refractivity contribution is 7.97. The Morgan fingerprint density at radius 2 is 1.17 bits per heavy atom. The van der Waals surface area contributed by atoms with E-state index in [1.165, 1.54) is 14.7 Å². The first kappa shape index (κ1) is 28.7. The molecule has 9 heteroatoms. The highest BCUT2D eigenvalue weighted by Gasteiger charge is 2.80. The van der Waals surface area contributed by atoms with Crippen LogP contribution in [0.1, 0.15) is 38.5 Å². The minimum Gasteiger partial charge on any atom is -0.743 e. The first-order valence-electron chi connectivity index (χ1n) is 14.1. The number of alkyl halides is 4. The Bertz CT molecular complexity index is 1380. The fourth-order valence-electron chi connectivity index (χ4n) is 8.60. The molecule has 0 aliphatic heterocycles. The maximum atomic E-state index is 14.7. The van der Waals surface area contributed by atoms with Crippen molar-refractivity contribution in [3.63, 3.8) is 0 Å².